The lowest BCUT2D eigenvalue weighted by Gasteiger charge is -2.35. The Kier molecular flexibility index (Phi) is 10.2. The minimum Gasteiger partial charge on any atom is -0.484 e. The number of amides is 2. The van der Waals surface area contributed by atoms with Crippen LogP contribution in [0.3, 0.4) is 0 Å². The van der Waals surface area contributed by atoms with E-state index in [4.69, 9.17) is 25.5 Å². The zero-order valence-corrected chi connectivity index (χ0v) is 26.5. The molecule has 1 atom stereocenters. The summed E-state index contributed by atoms with van der Waals surface area (Å²) in [5.74, 6) is 1.89. The number of rotatable bonds is 12. The standard InChI is InChI=1S/C31H39ClN8O6/c1-2-28(42)39-7-9-40(10-8-39)31-36-25(11-27(37-31)35-21-16-44-17-21)30(43)34-12-22(41)15-38-6-5-24-20(14-38)3-4-26(29(24)32)45-18-23-13-33-19-46-23/h3-4,11,13,19,21-22,41H,2,5-10,12,14-18H2,1H3,(H,34,43)(H,35,36,37). The monoisotopic (exact) mass is 654 g/mol. The second kappa shape index (κ2) is 14.6. The average Bonchev–Trinajstić information content (AvgIpc) is 3.58. The zero-order valence-electron chi connectivity index (χ0n) is 25.8. The Balaban J connectivity index is 1.03. The quantitative estimate of drug-likeness (QED) is 0.260. The number of oxazole rings is 1. The molecule has 3 aliphatic rings. The molecule has 0 saturated carbocycles. The summed E-state index contributed by atoms with van der Waals surface area (Å²) >= 11 is 6.67. The smallest absolute Gasteiger partial charge is 0.270 e. The van der Waals surface area contributed by atoms with Gasteiger partial charge < -0.3 is 39.4 Å². The van der Waals surface area contributed by atoms with Gasteiger partial charge in [-0.3, -0.25) is 14.5 Å². The number of hydrogen-bond donors (Lipinski definition) is 3. The van der Waals surface area contributed by atoms with Crippen LogP contribution in [0.15, 0.2) is 35.2 Å². The van der Waals surface area contributed by atoms with Crippen molar-refractivity contribution < 1.29 is 28.6 Å². The number of halogens is 1. The molecule has 6 rings (SSSR count). The predicted octanol–water partition coefficient (Wildman–Crippen LogP) is 1.72. The van der Waals surface area contributed by atoms with Gasteiger partial charge in [0, 0.05) is 64.8 Å². The van der Waals surface area contributed by atoms with Crippen molar-refractivity contribution in [3.63, 3.8) is 0 Å². The minimum absolute atomic E-state index is 0.0632. The third-order valence-corrected chi connectivity index (χ3v) is 8.77. The predicted molar refractivity (Wildman–Crippen MR) is 169 cm³/mol. The Hall–Kier alpha value is -3.98. The maximum absolute atomic E-state index is 13.3. The highest BCUT2D eigenvalue weighted by Crippen LogP contribution is 2.34. The molecule has 0 aliphatic carbocycles. The molecular weight excluding hydrogens is 616 g/mol. The number of nitrogens with zero attached hydrogens (tertiary/aromatic N) is 6. The van der Waals surface area contributed by atoms with Gasteiger partial charge in [0.1, 0.15) is 23.9 Å². The van der Waals surface area contributed by atoms with Crippen molar-refractivity contribution in [1.82, 2.24) is 30.1 Å². The molecule has 1 unspecified atom stereocenters. The number of aliphatic hydroxyl groups excluding tert-OH is 1. The van der Waals surface area contributed by atoms with Crippen molar-refractivity contribution in [2.24, 2.45) is 0 Å². The number of carbonyl (C=O) groups is 2. The fourth-order valence-corrected chi connectivity index (χ4v) is 6.05. The van der Waals surface area contributed by atoms with Crippen molar-refractivity contribution in [3.8, 4) is 5.75 Å². The first-order valence-electron chi connectivity index (χ1n) is 15.6. The van der Waals surface area contributed by atoms with E-state index < -0.39 is 12.0 Å². The van der Waals surface area contributed by atoms with E-state index in [1.807, 2.05) is 28.9 Å². The second-order valence-corrected chi connectivity index (χ2v) is 12.0. The van der Waals surface area contributed by atoms with Crippen LogP contribution in [0.4, 0.5) is 11.8 Å². The molecule has 2 fully saturated rings. The summed E-state index contributed by atoms with van der Waals surface area (Å²) < 4.78 is 16.3. The molecule has 2 aromatic heterocycles. The van der Waals surface area contributed by atoms with Gasteiger partial charge in [0.2, 0.25) is 11.9 Å². The molecule has 15 heteroatoms. The van der Waals surface area contributed by atoms with E-state index in [9.17, 15) is 14.7 Å². The fraction of sp³-hybridized carbons (Fsp3) is 0.516. The van der Waals surface area contributed by atoms with Crippen LogP contribution >= 0.6 is 11.6 Å². The number of ether oxygens (including phenoxy) is 2. The van der Waals surface area contributed by atoms with E-state index >= 15 is 0 Å². The molecule has 0 bridgehead atoms. The maximum atomic E-state index is 13.3. The van der Waals surface area contributed by atoms with Crippen LogP contribution < -0.4 is 20.3 Å². The molecule has 5 heterocycles. The van der Waals surface area contributed by atoms with Gasteiger partial charge in [-0.05, 0) is 23.6 Å². The average molecular weight is 655 g/mol. The lowest BCUT2D eigenvalue weighted by molar-refractivity contribution is -0.131. The number of nitrogens with one attached hydrogen (secondary N) is 2. The summed E-state index contributed by atoms with van der Waals surface area (Å²) in [4.78, 5) is 44.5. The number of carbonyl (C=O) groups excluding carboxylic acids is 2. The lowest BCUT2D eigenvalue weighted by atomic mass is 9.99. The molecule has 0 spiro atoms. The molecule has 3 N–H and O–H groups in total. The van der Waals surface area contributed by atoms with Crippen LogP contribution in [-0.4, -0.2) is 113 Å². The molecule has 46 heavy (non-hydrogen) atoms. The summed E-state index contributed by atoms with van der Waals surface area (Å²) in [5.41, 5.74) is 2.31. The largest absolute Gasteiger partial charge is 0.484 e. The number of anilines is 2. The van der Waals surface area contributed by atoms with Gasteiger partial charge in [0.05, 0.1) is 36.6 Å². The Labute approximate surface area is 272 Å². The van der Waals surface area contributed by atoms with Gasteiger partial charge in [-0.25, -0.2) is 9.97 Å². The number of aromatic nitrogens is 3. The highest BCUT2D eigenvalue weighted by atomic mass is 35.5. The molecule has 2 amide bonds. The van der Waals surface area contributed by atoms with E-state index in [1.165, 1.54) is 6.39 Å². The van der Waals surface area contributed by atoms with E-state index in [0.29, 0.717) is 100 Å². The lowest BCUT2D eigenvalue weighted by Crippen LogP contribution is -2.49. The number of benzene rings is 1. The maximum Gasteiger partial charge on any atom is 0.270 e. The van der Waals surface area contributed by atoms with Gasteiger partial charge in [-0.15, -0.1) is 0 Å². The van der Waals surface area contributed by atoms with Gasteiger partial charge in [-0.2, -0.15) is 4.98 Å². The summed E-state index contributed by atoms with van der Waals surface area (Å²) in [7, 11) is 0. The minimum atomic E-state index is -0.791. The first kappa shape index (κ1) is 32.0. The fourth-order valence-electron chi connectivity index (χ4n) is 5.72. The molecular formula is C31H39ClN8O6. The Morgan fingerprint density at radius 3 is 2.72 bits per heavy atom. The Bertz CT molecular complexity index is 1510. The third-order valence-electron chi connectivity index (χ3n) is 8.35. The van der Waals surface area contributed by atoms with E-state index in [-0.39, 0.29) is 30.8 Å². The Morgan fingerprint density at radius 2 is 2.00 bits per heavy atom. The summed E-state index contributed by atoms with van der Waals surface area (Å²) in [6.45, 7) is 7.29. The normalized spacial score (nSPS) is 17.6. The van der Waals surface area contributed by atoms with Crippen molar-refractivity contribution in [2.45, 2.75) is 45.1 Å². The number of β-amino-alcohol motifs (C(OH)–C–C–N with tert-alkyl or cyclic N) is 1. The zero-order chi connectivity index (χ0) is 32.0. The SMILES string of the molecule is CCC(=O)N1CCN(c2nc(NC3COC3)cc(C(=O)NCC(O)CN3CCc4c(ccc(OCc5cnco5)c4Cl)C3)n2)CC1. The molecule has 3 aromatic rings. The van der Waals surface area contributed by atoms with Gasteiger partial charge in [0.25, 0.3) is 5.91 Å². The molecule has 2 saturated heterocycles. The van der Waals surface area contributed by atoms with Crippen molar-refractivity contribution >= 4 is 35.2 Å². The van der Waals surface area contributed by atoms with Crippen LogP contribution in [0.2, 0.25) is 5.02 Å². The first-order chi connectivity index (χ1) is 22.4. The summed E-state index contributed by atoms with van der Waals surface area (Å²) in [6.07, 6.45) is 3.35. The van der Waals surface area contributed by atoms with Crippen molar-refractivity contribution in [3.05, 3.63) is 58.4 Å². The number of piperazine rings is 1. The molecule has 1 aromatic carbocycles. The highest BCUT2D eigenvalue weighted by Gasteiger charge is 2.26. The number of hydrogen-bond acceptors (Lipinski definition) is 12. The summed E-state index contributed by atoms with van der Waals surface area (Å²) in [6, 6.07) is 5.57. The van der Waals surface area contributed by atoms with Gasteiger partial charge in [-0.1, -0.05) is 24.6 Å². The van der Waals surface area contributed by atoms with Crippen LogP contribution in [0.5, 0.6) is 5.75 Å². The number of fused-ring (bicyclic) bond motifs is 1. The first-order valence-corrected chi connectivity index (χ1v) is 16.0. The molecule has 246 valence electrons. The topological polar surface area (TPSA) is 158 Å². The van der Waals surface area contributed by atoms with Gasteiger partial charge >= 0.3 is 0 Å². The van der Waals surface area contributed by atoms with Crippen LogP contribution in [0.25, 0.3) is 0 Å². The van der Waals surface area contributed by atoms with E-state index in [1.54, 1.807) is 12.3 Å². The highest BCUT2D eigenvalue weighted by molar-refractivity contribution is 6.33. The van der Waals surface area contributed by atoms with E-state index in [0.717, 1.165) is 11.1 Å². The third kappa shape index (κ3) is 7.69. The van der Waals surface area contributed by atoms with Gasteiger partial charge in [0.15, 0.2) is 12.2 Å². The molecule has 3 aliphatic heterocycles. The van der Waals surface area contributed by atoms with Crippen molar-refractivity contribution in [1.29, 1.82) is 0 Å². The number of aliphatic hydroxyl groups is 1. The molecule has 14 nitrogen and oxygen atoms in total. The Morgan fingerprint density at radius 1 is 1.17 bits per heavy atom. The van der Waals surface area contributed by atoms with E-state index in [2.05, 4.69) is 30.5 Å². The van der Waals surface area contributed by atoms with Crippen LogP contribution in [-0.2, 0) is 29.1 Å². The molecule has 0 radical (unpaired) electrons. The second-order valence-electron chi connectivity index (χ2n) is 11.7. The van der Waals surface area contributed by atoms with Crippen LogP contribution in [0.1, 0.15) is 40.7 Å². The van der Waals surface area contributed by atoms with Crippen molar-refractivity contribution in [2.75, 3.05) is 69.2 Å². The van der Waals surface area contributed by atoms with Crippen LogP contribution in [0, 0.1) is 0 Å². The summed E-state index contributed by atoms with van der Waals surface area (Å²) in [5, 5.41) is 17.6.